The van der Waals surface area contributed by atoms with Crippen LogP contribution < -0.4 is 5.32 Å². The second-order valence-corrected chi connectivity index (χ2v) is 2.81. The van der Waals surface area contributed by atoms with Gasteiger partial charge in [-0.05, 0) is 12.2 Å². The maximum absolute atomic E-state index is 8.96. The van der Waals surface area contributed by atoms with Crippen molar-refractivity contribution in [2.45, 2.75) is 5.62 Å². The van der Waals surface area contributed by atoms with Crippen LogP contribution in [0.15, 0.2) is 23.4 Å². The number of methoxy groups -OCH3 is 1. The molecular weight excluding hydrogens is 180 g/mol. The van der Waals surface area contributed by atoms with Crippen molar-refractivity contribution in [3.8, 4) is 0 Å². The zero-order valence-electron chi connectivity index (χ0n) is 6.49. The number of allylic oxidation sites excluding steroid dienone is 2. The Labute approximate surface area is 75.6 Å². The first-order valence-corrected chi connectivity index (χ1v) is 3.72. The quantitative estimate of drug-likeness (QED) is 0.517. The van der Waals surface area contributed by atoms with Crippen molar-refractivity contribution >= 4 is 18.7 Å². The van der Waals surface area contributed by atoms with Crippen molar-refractivity contribution in [3.63, 3.8) is 0 Å². The SMILES string of the molecule is COC1(B(O)O)C=CC(Cl)=CN1. The van der Waals surface area contributed by atoms with E-state index in [4.69, 9.17) is 26.4 Å². The van der Waals surface area contributed by atoms with Crippen LogP contribution in [0.25, 0.3) is 0 Å². The van der Waals surface area contributed by atoms with E-state index in [-0.39, 0.29) is 0 Å². The van der Waals surface area contributed by atoms with Gasteiger partial charge in [-0.3, -0.25) is 0 Å². The van der Waals surface area contributed by atoms with Gasteiger partial charge in [0.15, 0.2) is 5.62 Å². The average molecular weight is 189 g/mol. The number of nitrogens with one attached hydrogen (secondary N) is 1. The van der Waals surface area contributed by atoms with Gasteiger partial charge in [-0.2, -0.15) is 0 Å². The summed E-state index contributed by atoms with van der Waals surface area (Å²) >= 11 is 5.60. The van der Waals surface area contributed by atoms with E-state index in [2.05, 4.69) is 5.32 Å². The van der Waals surface area contributed by atoms with Gasteiger partial charge in [0.25, 0.3) is 0 Å². The van der Waals surface area contributed by atoms with Crippen LogP contribution in [0, 0.1) is 0 Å². The van der Waals surface area contributed by atoms with Crippen LogP contribution in [0.5, 0.6) is 0 Å². The van der Waals surface area contributed by atoms with Gasteiger partial charge >= 0.3 is 7.12 Å². The summed E-state index contributed by atoms with van der Waals surface area (Å²) in [5, 5.41) is 21.0. The van der Waals surface area contributed by atoms with Crippen LogP contribution in [0.2, 0.25) is 0 Å². The number of dihydropyridines is 1. The molecule has 0 aliphatic carbocycles. The highest BCUT2D eigenvalue weighted by molar-refractivity contribution is 6.46. The predicted octanol–water partition coefficient (Wildman–Crippen LogP) is -0.419. The van der Waals surface area contributed by atoms with E-state index in [1.54, 1.807) is 0 Å². The van der Waals surface area contributed by atoms with E-state index in [0.29, 0.717) is 5.03 Å². The van der Waals surface area contributed by atoms with E-state index in [1.165, 1.54) is 25.5 Å². The van der Waals surface area contributed by atoms with Crippen molar-refractivity contribution in [2.24, 2.45) is 0 Å². The second-order valence-electron chi connectivity index (χ2n) is 2.38. The van der Waals surface area contributed by atoms with Gasteiger partial charge in [-0.25, -0.2) is 0 Å². The fourth-order valence-corrected chi connectivity index (χ4v) is 0.992. The molecule has 0 fully saturated rings. The number of hydrogen-bond acceptors (Lipinski definition) is 4. The zero-order chi connectivity index (χ0) is 9.19. The second kappa shape index (κ2) is 3.49. The molecule has 0 bridgehead atoms. The number of ether oxygens (including phenoxy) is 1. The lowest BCUT2D eigenvalue weighted by molar-refractivity contribution is 0.0507. The van der Waals surface area contributed by atoms with Gasteiger partial charge in [0.2, 0.25) is 0 Å². The van der Waals surface area contributed by atoms with Crippen LogP contribution in [0.3, 0.4) is 0 Å². The lowest BCUT2D eigenvalue weighted by atomic mass is 9.74. The van der Waals surface area contributed by atoms with Gasteiger partial charge in [-0.1, -0.05) is 11.6 Å². The Kier molecular flexibility index (Phi) is 2.79. The summed E-state index contributed by atoms with van der Waals surface area (Å²) < 4.78 is 4.89. The van der Waals surface area contributed by atoms with Crippen LogP contribution in [0.1, 0.15) is 0 Å². The third-order valence-corrected chi connectivity index (χ3v) is 1.88. The van der Waals surface area contributed by atoms with Gasteiger partial charge in [0.05, 0.1) is 5.03 Å². The average Bonchev–Trinajstić information content (AvgIpc) is 2.06. The molecule has 12 heavy (non-hydrogen) atoms. The van der Waals surface area contributed by atoms with E-state index >= 15 is 0 Å². The standard InChI is InChI=1S/C6H9BClNO3/c1-12-6(7(10)11)3-2-5(8)4-9-6/h2-4,9-11H,1H3. The molecule has 66 valence electrons. The van der Waals surface area contributed by atoms with E-state index in [1.807, 2.05) is 0 Å². The Morgan fingerprint density at radius 3 is 2.67 bits per heavy atom. The molecule has 0 saturated carbocycles. The molecule has 1 rings (SSSR count). The normalized spacial score (nSPS) is 27.8. The molecule has 4 nitrogen and oxygen atoms in total. The molecule has 0 aromatic heterocycles. The molecule has 0 radical (unpaired) electrons. The highest BCUT2D eigenvalue weighted by atomic mass is 35.5. The van der Waals surface area contributed by atoms with Crippen molar-refractivity contribution in [3.05, 3.63) is 23.4 Å². The minimum Gasteiger partial charge on any atom is -0.424 e. The van der Waals surface area contributed by atoms with Crippen LogP contribution in [-0.4, -0.2) is 29.9 Å². The summed E-state index contributed by atoms with van der Waals surface area (Å²) in [5.41, 5.74) is -1.28. The maximum Gasteiger partial charge on any atom is 0.512 e. The molecular formula is C6H9BClNO3. The lowest BCUT2D eigenvalue weighted by Crippen LogP contribution is -2.56. The molecule has 0 spiro atoms. The van der Waals surface area contributed by atoms with E-state index in [0.717, 1.165) is 0 Å². The Morgan fingerprint density at radius 1 is 1.67 bits per heavy atom. The molecule has 0 saturated heterocycles. The Hall–Kier alpha value is -0.485. The predicted molar refractivity (Wildman–Crippen MR) is 46.1 cm³/mol. The van der Waals surface area contributed by atoms with Gasteiger partial charge in [-0.15, -0.1) is 0 Å². The fourth-order valence-electron chi connectivity index (χ4n) is 0.874. The number of hydrogen-bond donors (Lipinski definition) is 3. The highest BCUT2D eigenvalue weighted by Gasteiger charge is 2.40. The smallest absolute Gasteiger partial charge is 0.424 e. The third kappa shape index (κ3) is 1.64. The largest absolute Gasteiger partial charge is 0.512 e. The molecule has 1 atom stereocenters. The first-order valence-electron chi connectivity index (χ1n) is 3.34. The first kappa shape index (κ1) is 9.60. The summed E-state index contributed by atoms with van der Waals surface area (Å²) in [6.45, 7) is 0. The number of halogens is 1. The fraction of sp³-hybridized carbons (Fsp3) is 0.333. The van der Waals surface area contributed by atoms with Crippen molar-refractivity contribution in [1.82, 2.24) is 5.32 Å². The van der Waals surface area contributed by atoms with E-state index < -0.39 is 12.7 Å². The van der Waals surface area contributed by atoms with Crippen molar-refractivity contribution in [2.75, 3.05) is 7.11 Å². The summed E-state index contributed by atoms with van der Waals surface area (Å²) in [6, 6.07) is 0. The van der Waals surface area contributed by atoms with E-state index in [9.17, 15) is 0 Å². The summed E-state index contributed by atoms with van der Waals surface area (Å²) in [4.78, 5) is 0. The zero-order valence-corrected chi connectivity index (χ0v) is 7.25. The number of rotatable bonds is 2. The van der Waals surface area contributed by atoms with Crippen LogP contribution in [0.4, 0.5) is 0 Å². The van der Waals surface area contributed by atoms with Crippen LogP contribution in [-0.2, 0) is 4.74 Å². The molecule has 0 aromatic rings. The highest BCUT2D eigenvalue weighted by Crippen LogP contribution is 2.17. The summed E-state index contributed by atoms with van der Waals surface area (Å²) in [7, 11) is -0.274. The third-order valence-electron chi connectivity index (χ3n) is 1.65. The Balaban J connectivity index is 2.80. The van der Waals surface area contributed by atoms with Gasteiger partial charge < -0.3 is 20.1 Å². The summed E-state index contributed by atoms with van der Waals surface area (Å²) in [5.74, 6) is 0. The van der Waals surface area contributed by atoms with Gasteiger partial charge in [0.1, 0.15) is 0 Å². The first-order chi connectivity index (χ1) is 5.60. The Morgan fingerprint density at radius 2 is 2.33 bits per heavy atom. The maximum atomic E-state index is 8.96. The van der Waals surface area contributed by atoms with Crippen LogP contribution >= 0.6 is 11.6 Å². The minimum atomic E-state index is -1.64. The molecule has 1 aliphatic rings. The molecule has 1 unspecified atom stereocenters. The molecule has 6 heteroatoms. The molecule has 3 N–H and O–H groups in total. The molecule has 0 amide bonds. The minimum absolute atomic E-state index is 0.475. The Bertz CT molecular complexity index is 231. The lowest BCUT2D eigenvalue weighted by Gasteiger charge is -2.30. The van der Waals surface area contributed by atoms with Crippen molar-refractivity contribution < 1.29 is 14.8 Å². The molecule has 0 aromatic carbocycles. The monoisotopic (exact) mass is 189 g/mol. The topological polar surface area (TPSA) is 61.7 Å². The molecule has 1 aliphatic heterocycles. The molecule has 1 heterocycles. The summed E-state index contributed by atoms with van der Waals surface area (Å²) in [6.07, 6.45) is 4.41. The van der Waals surface area contributed by atoms with Gasteiger partial charge in [0, 0.05) is 13.3 Å². The van der Waals surface area contributed by atoms with Crippen molar-refractivity contribution in [1.29, 1.82) is 0 Å².